The van der Waals surface area contributed by atoms with Gasteiger partial charge in [-0.1, -0.05) is 36.8 Å². The van der Waals surface area contributed by atoms with Crippen LogP contribution in [0.5, 0.6) is 0 Å². The first kappa shape index (κ1) is 14.6. The van der Waals surface area contributed by atoms with Gasteiger partial charge in [0, 0.05) is 28.5 Å². The molecular weight excluding hydrogens is 272 g/mol. The summed E-state index contributed by atoms with van der Waals surface area (Å²) in [5.74, 6) is 1.96. The molecule has 0 aliphatic heterocycles. The third-order valence-electron chi connectivity index (χ3n) is 2.96. The van der Waals surface area contributed by atoms with Crippen LogP contribution in [0.3, 0.4) is 0 Å². The maximum absolute atomic E-state index is 5.91. The van der Waals surface area contributed by atoms with E-state index in [1.165, 1.54) is 11.1 Å². The number of hydrogen-bond donors (Lipinski definition) is 1. The molecule has 0 radical (unpaired) electrons. The quantitative estimate of drug-likeness (QED) is 0.871. The Morgan fingerprint density at radius 1 is 1.32 bits per heavy atom. The number of benzene rings is 1. The molecule has 0 fully saturated rings. The molecule has 2 N–H and O–H groups in total. The van der Waals surface area contributed by atoms with Crippen molar-refractivity contribution in [3.05, 3.63) is 40.9 Å². The van der Waals surface area contributed by atoms with Crippen molar-refractivity contribution in [2.24, 2.45) is 5.73 Å². The maximum Gasteiger partial charge on any atom is 0.123 e. The monoisotopic (exact) mass is 292 g/mol. The number of rotatable bonds is 6. The van der Waals surface area contributed by atoms with E-state index in [2.05, 4.69) is 48.5 Å². The zero-order valence-corrected chi connectivity index (χ0v) is 13.1. The van der Waals surface area contributed by atoms with E-state index in [-0.39, 0.29) is 0 Å². The highest BCUT2D eigenvalue weighted by Gasteiger charge is 2.06. The van der Waals surface area contributed by atoms with Crippen molar-refractivity contribution in [3.63, 3.8) is 0 Å². The number of nitrogens with two attached hydrogens (primary N) is 1. The summed E-state index contributed by atoms with van der Waals surface area (Å²) in [6.45, 7) is 4.23. The lowest BCUT2D eigenvalue weighted by Gasteiger charge is -2.06. The summed E-state index contributed by atoms with van der Waals surface area (Å²) in [4.78, 5) is 4.69. The van der Waals surface area contributed by atoms with Crippen molar-refractivity contribution in [2.45, 2.75) is 32.1 Å². The lowest BCUT2D eigenvalue weighted by Crippen LogP contribution is -2.21. The molecule has 19 heavy (non-hydrogen) atoms. The van der Waals surface area contributed by atoms with Gasteiger partial charge in [0.2, 0.25) is 0 Å². The SMILES string of the molecule is CCC(N)CSCc1csc(-c2ccc(C)cc2)n1. The van der Waals surface area contributed by atoms with Gasteiger partial charge in [-0.2, -0.15) is 11.8 Å². The molecule has 0 saturated heterocycles. The largest absolute Gasteiger partial charge is 0.327 e. The third kappa shape index (κ3) is 4.34. The van der Waals surface area contributed by atoms with Crippen LogP contribution in [0.2, 0.25) is 0 Å². The van der Waals surface area contributed by atoms with Gasteiger partial charge in [0.05, 0.1) is 5.69 Å². The summed E-state index contributed by atoms with van der Waals surface area (Å²) in [6.07, 6.45) is 1.04. The molecule has 1 aromatic carbocycles. The Bertz CT molecular complexity index is 505. The van der Waals surface area contributed by atoms with Gasteiger partial charge in [0.15, 0.2) is 0 Å². The van der Waals surface area contributed by atoms with Crippen molar-refractivity contribution in [1.29, 1.82) is 0 Å². The van der Waals surface area contributed by atoms with E-state index in [0.29, 0.717) is 6.04 Å². The fourth-order valence-electron chi connectivity index (χ4n) is 1.63. The molecule has 0 bridgehead atoms. The summed E-state index contributed by atoms with van der Waals surface area (Å²) in [5.41, 5.74) is 9.56. The Morgan fingerprint density at radius 2 is 2.05 bits per heavy atom. The van der Waals surface area contributed by atoms with Crippen molar-refractivity contribution < 1.29 is 0 Å². The minimum absolute atomic E-state index is 0.306. The van der Waals surface area contributed by atoms with Gasteiger partial charge in [-0.25, -0.2) is 4.98 Å². The Balaban J connectivity index is 1.93. The number of thiazole rings is 1. The van der Waals surface area contributed by atoms with Gasteiger partial charge in [-0.05, 0) is 13.3 Å². The summed E-state index contributed by atoms with van der Waals surface area (Å²) in [6, 6.07) is 8.84. The second kappa shape index (κ2) is 7.08. The van der Waals surface area contributed by atoms with Crippen LogP contribution in [0.15, 0.2) is 29.6 Å². The molecule has 0 aliphatic rings. The molecule has 0 amide bonds. The zero-order valence-electron chi connectivity index (χ0n) is 11.4. The van der Waals surface area contributed by atoms with Crippen LogP contribution in [0.25, 0.3) is 10.6 Å². The van der Waals surface area contributed by atoms with Crippen molar-refractivity contribution in [2.75, 3.05) is 5.75 Å². The summed E-state index contributed by atoms with van der Waals surface area (Å²) >= 11 is 3.59. The fraction of sp³-hybridized carbons (Fsp3) is 0.400. The molecule has 1 unspecified atom stereocenters. The molecular formula is C15H20N2S2. The van der Waals surface area contributed by atoms with Crippen LogP contribution in [-0.2, 0) is 5.75 Å². The number of hydrogen-bond acceptors (Lipinski definition) is 4. The minimum Gasteiger partial charge on any atom is -0.327 e. The van der Waals surface area contributed by atoms with Gasteiger partial charge in [0.25, 0.3) is 0 Å². The molecule has 1 atom stereocenters. The molecule has 1 heterocycles. The lowest BCUT2D eigenvalue weighted by molar-refractivity contribution is 0.724. The van der Waals surface area contributed by atoms with Crippen LogP contribution in [-0.4, -0.2) is 16.8 Å². The predicted molar refractivity (Wildman–Crippen MR) is 86.7 cm³/mol. The van der Waals surface area contributed by atoms with Crippen LogP contribution in [0.4, 0.5) is 0 Å². The van der Waals surface area contributed by atoms with Gasteiger partial charge in [0.1, 0.15) is 5.01 Å². The molecule has 0 spiro atoms. The van der Waals surface area contributed by atoms with E-state index < -0.39 is 0 Å². The first-order valence-corrected chi connectivity index (χ1v) is 8.57. The van der Waals surface area contributed by atoms with E-state index in [1.54, 1.807) is 11.3 Å². The van der Waals surface area contributed by atoms with Gasteiger partial charge in [-0.3, -0.25) is 0 Å². The maximum atomic E-state index is 5.91. The Labute approximate surface area is 123 Å². The normalized spacial score (nSPS) is 12.6. The highest BCUT2D eigenvalue weighted by atomic mass is 32.2. The number of nitrogens with zero attached hydrogens (tertiary/aromatic N) is 1. The zero-order chi connectivity index (χ0) is 13.7. The van der Waals surface area contributed by atoms with Crippen LogP contribution in [0.1, 0.15) is 24.6 Å². The average molecular weight is 292 g/mol. The summed E-state index contributed by atoms with van der Waals surface area (Å²) < 4.78 is 0. The number of thioether (sulfide) groups is 1. The molecule has 2 rings (SSSR count). The standard InChI is InChI=1S/C15H20N2S2/c1-3-13(16)8-18-9-14-10-19-15(17-14)12-6-4-11(2)5-7-12/h4-7,10,13H,3,8-9,16H2,1-2H3. The molecule has 102 valence electrons. The molecule has 1 aromatic heterocycles. The first-order chi connectivity index (χ1) is 9.19. The Morgan fingerprint density at radius 3 is 2.74 bits per heavy atom. The number of aryl methyl sites for hydroxylation is 1. The van der Waals surface area contributed by atoms with E-state index in [1.807, 2.05) is 11.8 Å². The fourth-order valence-corrected chi connectivity index (χ4v) is 3.58. The smallest absolute Gasteiger partial charge is 0.123 e. The van der Waals surface area contributed by atoms with Crippen molar-refractivity contribution in [1.82, 2.24) is 4.98 Å². The first-order valence-electron chi connectivity index (χ1n) is 6.53. The Hall–Kier alpha value is -0.840. The predicted octanol–water partition coefficient (Wildman–Crippen LogP) is 4.09. The van der Waals surface area contributed by atoms with Crippen LogP contribution >= 0.6 is 23.1 Å². The number of aromatic nitrogens is 1. The Kier molecular flexibility index (Phi) is 5.43. The second-order valence-electron chi connectivity index (χ2n) is 4.69. The van der Waals surface area contributed by atoms with Gasteiger partial charge >= 0.3 is 0 Å². The van der Waals surface area contributed by atoms with E-state index in [4.69, 9.17) is 5.73 Å². The molecule has 2 nitrogen and oxygen atoms in total. The van der Waals surface area contributed by atoms with E-state index in [9.17, 15) is 0 Å². The molecule has 2 aromatic rings. The topological polar surface area (TPSA) is 38.9 Å². The van der Waals surface area contributed by atoms with Gasteiger partial charge < -0.3 is 5.73 Å². The average Bonchev–Trinajstić information content (AvgIpc) is 2.88. The van der Waals surface area contributed by atoms with E-state index >= 15 is 0 Å². The lowest BCUT2D eigenvalue weighted by atomic mass is 10.2. The van der Waals surface area contributed by atoms with Gasteiger partial charge in [-0.15, -0.1) is 11.3 Å². The summed E-state index contributed by atoms with van der Waals surface area (Å²) in [5, 5.41) is 3.26. The van der Waals surface area contributed by atoms with Crippen LogP contribution < -0.4 is 5.73 Å². The second-order valence-corrected chi connectivity index (χ2v) is 6.58. The van der Waals surface area contributed by atoms with Crippen molar-refractivity contribution in [3.8, 4) is 10.6 Å². The molecule has 0 saturated carbocycles. The highest BCUT2D eigenvalue weighted by molar-refractivity contribution is 7.98. The molecule has 0 aliphatic carbocycles. The van der Waals surface area contributed by atoms with Crippen LogP contribution in [0, 0.1) is 6.92 Å². The third-order valence-corrected chi connectivity index (χ3v) is 5.06. The molecule has 4 heteroatoms. The highest BCUT2D eigenvalue weighted by Crippen LogP contribution is 2.25. The van der Waals surface area contributed by atoms with Crippen molar-refractivity contribution >= 4 is 23.1 Å². The summed E-state index contributed by atoms with van der Waals surface area (Å²) in [7, 11) is 0. The minimum atomic E-state index is 0.306. The van der Waals surface area contributed by atoms with E-state index in [0.717, 1.165) is 28.6 Å².